The fourth-order valence-corrected chi connectivity index (χ4v) is 1.55. The fraction of sp³-hybridized carbons (Fsp3) is 0.400. The summed E-state index contributed by atoms with van der Waals surface area (Å²) in [5.41, 5.74) is 7.33. The van der Waals surface area contributed by atoms with Crippen molar-refractivity contribution in [2.75, 3.05) is 0 Å². The Morgan fingerprint density at radius 2 is 2.27 bits per heavy atom. The van der Waals surface area contributed by atoms with Gasteiger partial charge in [0, 0.05) is 5.54 Å². The quantitative estimate of drug-likeness (QED) is 0.642. The molecular weight excluding hydrogens is 134 g/mol. The molecule has 1 radical (unpaired) electrons. The van der Waals surface area contributed by atoms with E-state index in [1.807, 2.05) is 18.2 Å². The predicted molar refractivity (Wildman–Crippen MR) is 45.0 cm³/mol. The molecule has 0 amide bonds. The molecule has 1 aliphatic carbocycles. The molecule has 0 aliphatic heterocycles. The van der Waals surface area contributed by atoms with Crippen LogP contribution in [0.1, 0.15) is 24.8 Å². The highest BCUT2D eigenvalue weighted by molar-refractivity contribution is 5.25. The third-order valence-corrected chi connectivity index (χ3v) is 2.53. The highest BCUT2D eigenvalue weighted by Crippen LogP contribution is 2.38. The molecule has 0 saturated heterocycles. The molecule has 1 aromatic carbocycles. The number of nitrogens with two attached hydrogens (primary N) is 1. The zero-order chi connectivity index (χ0) is 7.73. The number of hydrogen-bond acceptors (Lipinski definition) is 1. The summed E-state index contributed by atoms with van der Waals surface area (Å²) in [6.07, 6.45) is 3.53. The molecule has 0 aromatic heterocycles. The molecular formula is C10H12N. The summed E-state index contributed by atoms with van der Waals surface area (Å²) < 4.78 is 0. The predicted octanol–water partition coefficient (Wildman–Crippen LogP) is 1.82. The van der Waals surface area contributed by atoms with E-state index >= 15 is 0 Å². The lowest BCUT2D eigenvalue weighted by atomic mass is 9.73. The molecule has 0 atom stereocenters. The van der Waals surface area contributed by atoms with Gasteiger partial charge in [0.25, 0.3) is 0 Å². The van der Waals surface area contributed by atoms with Crippen molar-refractivity contribution in [1.29, 1.82) is 0 Å². The summed E-state index contributed by atoms with van der Waals surface area (Å²) in [6, 6.07) is 11.1. The minimum Gasteiger partial charge on any atom is -0.321 e. The lowest BCUT2D eigenvalue weighted by molar-refractivity contribution is 0.253. The van der Waals surface area contributed by atoms with E-state index < -0.39 is 0 Å². The van der Waals surface area contributed by atoms with E-state index in [1.54, 1.807) is 0 Å². The highest BCUT2D eigenvalue weighted by Gasteiger charge is 2.33. The van der Waals surface area contributed by atoms with Crippen molar-refractivity contribution in [2.24, 2.45) is 5.73 Å². The van der Waals surface area contributed by atoms with Gasteiger partial charge >= 0.3 is 0 Å². The molecule has 1 heteroatoms. The van der Waals surface area contributed by atoms with Crippen LogP contribution in [-0.2, 0) is 5.54 Å². The average Bonchev–Trinajstić information content (AvgIpc) is 2.02. The molecule has 0 bridgehead atoms. The van der Waals surface area contributed by atoms with E-state index in [4.69, 9.17) is 5.73 Å². The Morgan fingerprint density at radius 3 is 2.73 bits per heavy atom. The first-order valence-corrected chi connectivity index (χ1v) is 4.07. The van der Waals surface area contributed by atoms with Crippen LogP contribution in [-0.4, -0.2) is 0 Å². The van der Waals surface area contributed by atoms with Crippen LogP contribution in [0, 0.1) is 6.07 Å². The summed E-state index contributed by atoms with van der Waals surface area (Å²) in [5.74, 6) is 0. The van der Waals surface area contributed by atoms with Gasteiger partial charge in [0.15, 0.2) is 0 Å². The van der Waals surface area contributed by atoms with Crippen LogP contribution in [0.5, 0.6) is 0 Å². The second-order valence-electron chi connectivity index (χ2n) is 3.30. The van der Waals surface area contributed by atoms with Crippen LogP contribution in [0.25, 0.3) is 0 Å². The normalized spacial score (nSPS) is 20.8. The van der Waals surface area contributed by atoms with E-state index in [1.165, 1.54) is 12.0 Å². The topological polar surface area (TPSA) is 26.0 Å². The largest absolute Gasteiger partial charge is 0.321 e. The van der Waals surface area contributed by atoms with Crippen molar-refractivity contribution in [3.8, 4) is 0 Å². The van der Waals surface area contributed by atoms with Crippen LogP contribution in [0.3, 0.4) is 0 Å². The van der Waals surface area contributed by atoms with E-state index in [2.05, 4.69) is 12.1 Å². The van der Waals surface area contributed by atoms with Crippen LogP contribution in [0.2, 0.25) is 0 Å². The molecule has 0 heterocycles. The van der Waals surface area contributed by atoms with Crippen molar-refractivity contribution in [3.05, 3.63) is 35.9 Å². The Kier molecular flexibility index (Phi) is 1.46. The average molecular weight is 146 g/mol. The Balaban J connectivity index is 2.29. The third kappa shape index (κ3) is 1.05. The first kappa shape index (κ1) is 6.86. The maximum Gasteiger partial charge on any atom is 0.0409 e. The van der Waals surface area contributed by atoms with Crippen LogP contribution >= 0.6 is 0 Å². The molecule has 2 rings (SSSR count). The van der Waals surface area contributed by atoms with Gasteiger partial charge in [-0.1, -0.05) is 18.2 Å². The molecule has 1 aromatic rings. The van der Waals surface area contributed by atoms with Crippen LogP contribution in [0.4, 0.5) is 0 Å². The SMILES string of the molecule is NC1(c2c[c]ccc2)CCC1. The van der Waals surface area contributed by atoms with Crippen LogP contribution < -0.4 is 5.73 Å². The summed E-state index contributed by atoms with van der Waals surface area (Å²) in [5, 5.41) is 0. The van der Waals surface area contributed by atoms with Gasteiger partial charge < -0.3 is 5.73 Å². The molecule has 0 unspecified atom stereocenters. The summed E-state index contributed by atoms with van der Waals surface area (Å²) >= 11 is 0. The van der Waals surface area contributed by atoms with E-state index in [-0.39, 0.29) is 5.54 Å². The first-order chi connectivity index (χ1) is 5.31. The van der Waals surface area contributed by atoms with E-state index in [0.717, 1.165) is 12.8 Å². The lowest BCUT2D eigenvalue weighted by Crippen LogP contribution is -2.43. The van der Waals surface area contributed by atoms with Gasteiger partial charge in [-0.15, -0.1) is 0 Å². The standard InChI is InChI=1S/C10H12N/c11-10(7-4-8-10)9-5-2-1-3-6-9/h1-2,5-6H,4,7-8,11H2. The first-order valence-electron chi connectivity index (χ1n) is 4.07. The van der Waals surface area contributed by atoms with E-state index in [9.17, 15) is 0 Å². The number of hydrogen-bond donors (Lipinski definition) is 1. The fourth-order valence-electron chi connectivity index (χ4n) is 1.55. The van der Waals surface area contributed by atoms with Gasteiger partial charge in [-0.25, -0.2) is 0 Å². The maximum absolute atomic E-state index is 6.10. The summed E-state index contributed by atoms with van der Waals surface area (Å²) in [7, 11) is 0. The third-order valence-electron chi connectivity index (χ3n) is 2.53. The molecule has 1 fully saturated rings. The second kappa shape index (κ2) is 2.35. The Morgan fingerprint density at radius 1 is 1.45 bits per heavy atom. The minimum absolute atomic E-state index is 0.0161. The van der Waals surface area contributed by atoms with Crippen molar-refractivity contribution < 1.29 is 0 Å². The number of benzene rings is 1. The molecule has 2 N–H and O–H groups in total. The van der Waals surface area contributed by atoms with Crippen LogP contribution in [0.15, 0.2) is 24.3 Å². The summed E-state index contributed by atoms with van der Waals surface area (Å²) in [4.78, 5) is 0. The van der Waals surface area contributed by atoms with Gasteiger partial charge in [-0.2, -0.15) is 0 Å². The summed E-state index contributed by atoms with van der Waals surface area (Å²) in [6.45, 7) is 0. The molecule has 1 aliphatic rings. The zero-order valence-electron chi connectivity index (χ0n) is 6.51. The van der Waals surface area contributed by atoms with Gasteiger partial charge in [-0.05, 0) is 37.0 Å². The Bertz CT molecular complexity index is 236. The Hall–Kier alpha value is -0.820. The molecule has 0 spiro atoms. The van der Waals surface area contributed by atoms with Crippen molar-refractivity contribution in [1.82, 2.24) is 0 Å². The van der Waals surface area contributed by atoms with Crippen molar-refractivity contribution >= 4 is 0 Å². The number of rotatable bonds is 1. The van der Waals surface area contributed by atoms with Gasteiger partial charge in [0.1, 0.15) is 0 Å². The minimum atomic E-state index is -0.0161. The second-order valence-corrected chi connectivity index (χ2v) is 3.30. The molecule has 1 saturated carbocycles. The van der Waals surface area contributed by atoms with E-state index in [0.29, 0.717) is 0 Å². The highest BCUT2D eigenvalue weighted by atomic mass is 14.8. The zero-order valence-corrected chi connectivity index (χ0v) is 6.51. The van der Waals surface area contributed by atoms with Crippen molar-refractivity contribution in [3.63, 3.8) is 0 Å². The maximum atomic E-state index is 6.10. The molecule has 11 heavy (non-hydrogen) atoms. The van der Waals surface area contributed by atoms with Gasteiger partial charge in [0.05, 0.1) is 0 Å². The monoisotopic (exact) mass is 146 g/mol. The van der Waals surface area contributed by atoms with Crippen molar-refractivity contribution in [2.45, 2.75) is 24.8 Å². The lowest BCUT2D eigenvalue weighted by Gasteiger charge is -2.38. The molecule has 57 valence electrons. The Labute approximate surface area is 67.2 Å². The molecule has 1 nitrogen and oxygen atoms in total. The smallest absolute Gasteiger partial charge is 0.0409 e. The van der Waals surface area contributed by atoms with Gasteiger partial charge in [-0.3, -0.25) is 0 Å². The van der Waals surface area contributed by atoms with Gasteiger partial charge in [0.2, 0.25) is 0 Å².